The second kappa shape index (κ2) is 8.50. The first-order valence-electron chi connectivity index (χ1n) is 6.64. The zero-order chi connectivity index (χ0) is 15.0. The summed E-state index contributed by atoms with van der Waals surface area (Å²) in [6.45, 7) is 4.80. The number of hydrogen-bond acceptors (Lipinski definition) is 5. The third-order valence-electron chi connectivity index (χ3n) is 2.92. The number of aromatic nitrogens is 1. The quantitative estimate of drug-likeness (QED) is 0.403. The van der Waals surface area contributed by atoms with E-state index < -0.39 is 0 Å². The van der Waals surface area contributed by atoms with Gasteiger partial charge in [-0.05, 0) is 25.5 Å². The Hall–Kier alpha value is -1.66. The van der Waals surface area contributed by atoms with Crippen molar-refractivity contribution < 1.29 is 9.47 Å². The molecule has 0 aliphatic carbocycles. The molecule has 0 bridgehead atoms. The third kappa shape index (κ3) is 5.14. The fraction of sp³-hybridized carbons (Fsp3) is 0.571. The highest BCUT2D eigenvalue weighted by Crippen LogP contribution is 2.15. The molecule has 6 nitrogen and oxygen atoms in total. The van der Waals surface area contributed by atoms with E-state index in [9.17, 15) is 0 Å². The molecular formula is C14H24N4O2. The third-order valence-corrected chi connectivity index (χ3v) is 2.92. The molecule has 1 rings (SSSR count). The largest absolute Gasteiger partial charge is 0.385 e. The number of hydrogen-bond donors (Lipinski definition) is 2. The van der Waals surface area contributed by atoms with Crippen LogP contribution in [0.2, 0.25) is 0 Å². The number of methoxy groups -OCH3 is 2. The summed E-state index contributed by atoms with van der Waals surface area (Å²) in [5, 5.41) is 7.56. The van der Waals surface area contributed by atoms with Crippen molar-refractivity contribution in [2.24, 2.45) is 5.73 Å². The molecule has 0 aromatic carbocycles. The molecule has 0 fully saturated rings. The number of nitrogens with two attached hydrogens (primary N) is 1. The molecule has 0 saturated heterocycles. The zero-order valence-electron chi connectivity index (χ0n) is 12.5. The Bertz CT molecular complexity index is 437. The molecule has 0 aliphatic heterocycles. The normalized spacial score (nSPS) is 10.6. The first-order valence-corrected chi connectivity index (χ1v) is 6.64. The summed E-state index contributed by atoms with van der Waals surface area (Å²) in [7, 11) is 3.37. The van der Waals surface area contributed by atoms with Crippen LogP contribution in [0.1, 0.15) is 17.7 Å². The fourth-order valence-corrected chi connectivity index (χ4v) is 1.91. The maximum atomic E-state index is 7.56. The average Bonchev–Trinajstić information content (AvgIpc) is 2.42. The SMILES string of the molecule is COCCCN(CCOC)c1cc(C(=N)N)cc(C)n1. The average molecular weight is 280 g/mol. The molecule has 0 amide bonds. The number of ether oxygens (including phenoxy) is 2. The molecule has 0 aliphatic rings. The van der Waals surface area contributed by atoms with Gasteiger partial charge in [-0.2, -0.15) is 0 Å². The molecule has 0 atom stereocenters. The maximum Gasteiger partial charge on any atom is 0.129 e. The summed E-state index contributed by atoms with van der Waals surface area (Å²) in [6.07, 6.45) is 0.908. The van der Waals surface area contributed by atoms with Crippen LogP contribution in [0.4, 0.5) is 5.82 Å². The molecule has 20 heavy (non-hydrogen) atoms. The minimum Gasteiger partial charge on any atom is -0.385 e. The second-order valence-corrected chi connectivity index (χ2v) is 4.60. The van der Waals surface area contributed by atoms with Crippen LogP contribution < -0.4 is 10.6 Å². The standard InChI is InChI=1S/C14H24N4O2/c1-11-9-12(14(15)16)10-13(17-11)18(6-8-20-3)5-4-7-19-2/h9-10H,4-8H2,1-3H3,(H3,15,16). The lowest BCUT2D eigenvalue weighted by Gasteiger charge is -2.24. The van der Waals surface area contributed by atoms with Gasteiger partial charge < -0.3 is 20.1 Å². The van der Waals surface area contributed by atoms with Crippen LogP contribution in [0.15, 0.2) is 12.1 Å². The molecule has 0 radical (unpaired) electrons. The molecule has 3 N–H and O–H groups in total. The Labute approximate surface area is 120 Å². The van der Waals surface area contributed by atoms with Crippen molar-refractivity contribution in [2.75, 3.05) is 45.4 Å². The van der Waals surface area contributed by atoms with E-state index >= 15 is 0 Å². The van der Waals surface area contributed by atoms with Crippen molar-refractivity contribution in [3.05, 3.63) is 23.4 Å². The van der Waals surface area contributed by atoms with Crippen molar-refractivity contribution >= 4 is 11.7 Å². The first kappa shape index (κ1) is 16.4. The molecule has 0 spiro atoms. The van der Waals surface area contributed by atoms with Crippen LogP contribution in [0, 0.1) is 12.3 Å². The number of nitrogen functional groups attached to an aromatic ring is 1. The fourth-order valence-electron chi connectivity index (χ4n) is 1.91. The smallest absolute Gasteiger partial charge is 0.129 e. The highest BCUT2D eigenvalue weighted by molar-refractivity contribution is 5.95. The van der Waals surface area contributed by atoms with Gasteiger partial charge in [-0.3, -0.25) is 5.41 Å². The Balaban J connectivity index is 2.90. The lowest BCUT2D eigenvalue weighted by atomic mass is 10.2. The molecule has 1 aromatic heterocycles. The highest BCUT2D eigenvalue weighted by atomic mass is 16.5. The monoisotopic (exact) mass is 280 g/mol. The molecule has 0 saturated carbocycles. The predicted octanol–water partition coefficient (Wildman–Crippen LogP) is 1.16. The van der Waals surface area contributed by atoms with Crippen LogP contribution in [-0.2, 0) is 9.47 Å². The Kier molecular flexibility index (Phi) is 6.97. The van der Waals surface area contributed by atoms with Gasteiger partial charge in [0.05, 0.1) is 6.61 Å². The lowest BCUT2D eigenvalue weighted by molar-refractivity contribution is 0.191. The van der Waals surface area contributed by atoms with Gasteiger partial charge in [-0.1, -0.05) is 0 Å². The number of rotatable bonds is 9. The van der Waals surface area contributed by atoms with E-state index in [0.717, 1.165) is 31.0 Å². The van der Waals surface area contributed by atoms with Gasteiger partial charge >= 0.3 is 0 Å². The summed E-state index contributed by atoms with van der Waals surface area (Å²) in [5.41, 5.74) is 7.11. The van der Waals surface area contributed by atoms with Gasteiger partial charge in [0.25, 0.3) is 0 Å². The van der Waals surface area contributed by atoms with Gasteiger partial charge in [-0.15, -0.1) is 0 Å². The zero-order valence-corrected chi connectivity index (χ0v) is 12.5. The lowest BCUT2D eigenvalue weighted by Crippen LogP contribution is -2.30. The molecule has 1 aromatic rings. The van der Waals surface area contributed by atoms with Crippen molar-refractivity contribution in [3.63, 3.8) is 0 Å². The van der Waals surface area contributed by atoms with E-state index in [0.29, 0.717) is 18.8 Å². The molecule has 6 heteroatoms. The van der Waals surface area contributed by atoms with Gasteiger partial charge in [0.2, 0.25) is 0 Å². The Morgan fingerprint density at radius 2 is 1.95 bits per heavy atom. The van der Waals surface area contributed by atoms with Gasteiger partial charge in [0.1, 0.15) is 11.7 Å². The Morgan fingerprint density at radius 1 is 1.25 bits per heavy atom. The van der Waals surface area contributed by atoms with E-state index in [-0.39, 0.29) is 5.84 Å². The van der Waals surface area contributed by atoms with Crippen LogP contribution in [0.5, 0.6) is 0 Å². The predicted molar refractivity (Wildman–Crippen MR) is 80.6 cm³/mol. The maximum absolute atomic E-state index is 7.56. The summed E-state index contributed by atoms with van der Waals surface area (Å²) in [6, 6.07) is 3.66. The van der Waals surface area contributed by atoms with Crippen LogP contribution in [0.3, 0.4) is 0 Å². The minimum atomic E-state index is 0.0559. The van der Waals surface area contributed by atoms with Gasteiger partial charge in [0, 0.05) is 45.2 Å². The van der Waals surface area contributed by atoms with E-state index in [1.165, 1.54) is 0 Å². The molecule has 1 heterocycles. The number of nitrogens with zero attached hydrogens (tertiary/aromatic N) is 2. The summed E-state index contributed by atoms with van der Waals surface area (Å²) >= 11 is 0. The number of aryl methyl sites for hydroxylation is 1. The van der Waals surface area contributed by atoms with Crippen molar-refractivity contribution in [2.45, 2.75) is 13.3 Å². The van der Waals surface area contributed by atoms with E-state index in [1.807, 2.05) is 19.1 Å². The van der Waals surface area contributed by atoms with E-state index in [1.54, 1.807) is 14.2 Å². The highest BCUT2D eigenvalue weighted by Gasteiger charge is 2.10. The van der Waals surface area contributed by atoms with Crippen molar-refractivity contribution in [3.8, 4) is 0 Å². The summed E-state index contributed by atoms with van der Waals surface area (Å²) in [4.78, 5) is 6.65. The summed E-state index contributed by atoms with van der Waals surface area (Å²) < 4.78 is 10.2. The van der Waals surface area contributed by atoms with E-state index in [4.69, 9.17) is 20.6 Å². The van der Waals surface area contributed by atoms with Crippen LogP contribution >= 0.6 is 0 Å². The van der Waals surface area contributed by atoms with Crippen molar-refractivity contribution in [1.82, 2.24) is 4.98 Å². The number of pyridine rings is 1. The van der Waals surface area contributed by atoms with Crippen LogP contribution in [0.25, 0.3) is 0 Å². The minimum absolute atomic E-state index is 0.0559. The van der Waals surface area contributed by atoms with Crippen molar-refractivity contribution in [1.29, 1.82) is 5.41 Å². The number of nitrogens with one attached hydrogen (secondary N) is 1. The molecular weight excluding hydrogens is 256 g/mol. The first-order chi connectivity index (χ1) is 9.58. The van der Waals surface area contributed by atoms with Gasteiger partial charge in [-0.25, -0.2) is 4.98 Å². The number of anilines is 1. The molecule has 112 valence electrons. The topological polar surface area (TPSA) is 84.5 Å². The Morgan fingerprint density at radius 3 is 2.55 bits per heavy atom. The second-order valence-electron chi connectivity index (χ2n) is 4.60. The number of amidine groups is 1. The van der Waals surface area contributed by atoms with E-state index in [2.05, 4.69) is 9.88 Å². The summed E-state index contributed by atoms with van der Waals surface area (Å²) in [5.74, 6) is 0.878. The van der Waals surface area contributed by atoms with Crippen LogP contribution in [-0.4, -0.2) is 51.3 Å². The van der Waals surface area contributed by atoms with Gasteiger partial charge in [0.15, 0.2) is 0 Å². The molecule has 0 unspecified atom stereocenters.